The first kappa shape index (κ1) is 48.1. The Balaban J connectivity index is 3.32. The Morgan fingerprint density at radius 3 is 1.91 bits per heavy atom. The van der Waals surface area contributed by atoms with Gasteiger partial charge >= 0.3 is 0 Å². The summed E-state index contributed by atoms with van der Waals surface area (Å²) in [6, 6.07) is -5.02. The van der Waals surface area contributed by atoms with E-state index in [9.17, 15) is 33.9 Å². The number of carbonyl (C=O) groups is 6. The van der Waals surface area contributed by atoms with Crippen molar-refractivity contribution in [1.82, 2.24) is 30.2 Å². The van der Waals surface area contributed by atoms with Gasteiger partial charge in [-0.3, -0.25) is 28.8 Å². The van der Waals surface area contributed by atoms with E-state index in [1.54, 1.807) is 46.5 Å². The summed E-state index contributed by atoms with van der Waals surface area (Å²) in [5.74, 6) is -2.29. The molecule has 53 heavy (non-hydrogen) atoms. The van der Waals surface area contributed by atoms with Gasteiger partial charge in [-0.25, -0.2) is 0 Å². The van der Waals surface area contributed by atoms with Gasteiger partial charge in [0.05, 0.1) is 5.60 Å². The standard InChI is InChI=1S/C38H71N7O7S/c1-12-17-31(46)42(9)30(24-53-21-16-20-45-18-14-13-15-19-45)36(50)44(11)29(23-38(7,8)52)35(49)41-32(26(4)5)37(51)43(10)28(22-25(2)3)34(48)40-27(6)33(39)47/h25-30,32,52H,12-24H2,1-11H3,(H2,39,47)(H,40,48)(H,41,49)/t27-,28+,29+,30-,32+/m1/s1. The lowest BCUT2D eigenvalue weighted by Crippen LogP contribution is -2.61. The summed E-state index contributed by atoms with van der Waals surface area (Å²) in [5.41, 5.74) is 3.99. The molecule has 5 N–H and O–H groups in total. The van der Waals surface area contributed by atoms with E-state index in [1.165, 1.54) is 55.0 Å². The summed E-state index contributed by atoms with van der Waals surface area (Å²) in [6.45, 7) is 17.0. The minimum Gasteiger partial charge on any atom is -0.390 e. The molecule has 15 heteroatoms. The van der Waals surface area contributed by atoms with Crippen LogP contribution < -0.4 is 16.4 Å². The van der Waals surface area contributed by atoms with Crippen molar-refractivity contribution in [2.75, 3.05) is 52.3 Å². The van der Waals surface area contributed by atoms with Crippen LogP contribution in [0.25, 0.3) is 0 Å². The molecule has 0 bridgehead atoms. The van der Waals surface area contributed by atoms with Crippen LogP contribution >= 0.6 is 11.8 Å². The van der Waals surface area contributed by atoms with Crippen molar-refractivity contribution in [3.8, 4) is 0 Å². The molecule has 0 saturated carbocycles. The van der Waals surface area contributed by atoms with Crippen molar-refractivity contribution in [1.29, 1.82) is 0 Å². The Morgan fingerprint density at radius 2 is 1.40 bits per heavy atom. The van der Waals surface area contributed by atoms with Crippen LogP contribution in [-0.4, -0.2) is 148 Å². The smallest absolute Gasteiger partial charge is 0.246 e. The first-order chi connectivity index (χ1) is 24.6. The maximum atomic E-state index is 14.3. The van der Waals surface area contributed by atoms with Gasteiger partial charge in [-0.1, -0.05) is 41.0 Å². The van der Waals surface area contributed by atoms with Crippen LogP contribution in [0, 0.1) is 11.8 Å². The van der Waals surface area contributed by atoms with Crippen LogP contribution in [0.4, 0.5) is 0 Å². The molecule has 0 spiro atoms. The van der Waals surface area contributed by atoms with Gasteiger partial charge < -0.3 is 41.1 Å². The van der Waals surface area contributed by atoms with Crippen LogP contribution in [0.1, 0.15) is 107 Å². The number of likely N-dealkylation sites (tertiary alicyclic amines) is 1. The van der Waals surface area contributed by atoms with E-state index in [4.69, 9.17) is 5.73 Å². The average Bonchev–Trinajstić information content (AvgIpc) is 3.08. The van der Waals surface area contributed by atoms with Gasteiger partial charge in [0.15, 0.2) is 0 Å². The number of nitrogens with zero attached hydrogens (tertiary/aromatic N) is 4. The van der Waals surface area contributed by atoms with Crippen LogP contribution in [0.5, 0.6) is 0 Å². The molecule has 0 aliphatic carbocycles. The number of likely N-dealkylation sites (N-methyl/N-ethyl adjacent to an activating group) is 3. The third-order valence-corrected chi connectivity index (χ3v) is 10.9. The highest BCUT2D eigenvalue weighted by Crippen LogP contribution is 2.21. The highest BCUT2D eigenvalue weighted by atomic mass is 32.2. The molecule has 5 atom stereocenters. The number of nitrogens with one attached hydrogen (secondary N) is 2. The van der Waals surface area contributed by atoms with Gasteiger partial charge in [-0.15, -0.1) is 0 Å². The molecule has 306 valence electrons. The van der Waals surface area contributed by atoms with E-state index >= 15 is 0 Å². The summed E-state index contributed by atoms with van der Waals surface area (Å²) < 4.78 is 0. The molecular weight excluding hydrogens is 699 g/mol. The van der Waals surface area contributed by atoms with Crippen LogP contribution in [0.15, 0.2) is 0 Å². The average molecular weight is 770 g/mol. The Bertz CT molecular complexity index is 1210. The maximum Gasteiger partial charge on any atom is 0.246 e. The Kier molecular flexibility index (Phi) is 21.0. The van der Waals surface area contributed by atoms with E-state index in [0.717, 1.165) is 31.8 Å². The fraction of sp³-hybridized carbons (Fsp3) is 0.842. The van der Waals surface area contributed by atoms with E-state index < -0.39 is 71.3 Å². The van der Waals surface area contributed by atoms with Crippen LogP contribution in [-0.2, 0) is 28.8 Å². The number of thioether (sulfide) groups is 1. The molecule has 1 fully saturated rings. The highest BCUT2D eigenvalue weighted by molar-refractivity contribution is 7.99. The lowest BCUT2D eigenvalue weighted by atomic mass is 9.95. The van der Waals surface area contributed by atoms with Crippen molar-refractivity contribution in [2.45, 2.75) is 143 Å². The number of rotatable bonds is 23. The Labute approximate surface area is 323 Å². The van der Waals surface area contributed by atoms with E-state index in [1.807, 2.05) is 20.8 Å². The normalized spacial score (nSPS) is 16.6. The molecule has 0 radical (unpaired) electrons. The topological polar surface area (TPSA) is 186 Å². The fourth-order valence-electron chi connectivity index (χ4n) is 6.35. The number of hydrogen-bond acceptors (Lipinski definition) is 9. The largest absolute Gasteiger partial charge is 0.390 e. The highest BCUT2D eigenvalue weighted by Gasteiger charge is 2.40. The molecule has 0 unspecified atom stereocenters. The van der Waals surface area contributed by atoms with Crippen LogP contribution in [0.2, 0.25) is 0 Å². The number of amides is 6. The number of piperidine rings is 1. The summed E-state index contributed by atoms with van der Waals surface area (Å²) in [4.78, 5) is 87.0. The van der Waals surface area contributed by atoms with Crippen molar-refractivity contribution in [2.24, 2.45) is 17.6 Å². The molecule has 1 heterocycles. The first-order valence-corrected chi connectivity index (χ1v) is 20.5. The lowest BCUT2D eigenvalue weighted by Gasteiger charge is -2.38. The molecule has 1 aliphatic rings. The van der Waals surface area contributed by atoms with Gasteiger partial charge in [0.25, 0.3) is 0 Å². The maximum absolute atomic E-state index is 14.3. The van der Waals surface area contributed by atoms with Crippen molar-refractivity contribution >= 4 is 47.2 Å². The SMILES string of the molecule is CCCC(=O)N(C)[C@H](CSCCCN1CCCCC1)C(=O)N(C)[C@@H](CC(C)(C)O)C(=O)N[C@H](C(=O)N(C)[C@@H](CC(C)C)C(=O)N[C@H](C)C(N)=O)C(C)C. The van der Waals surface area contributed by atoms with Crippen molar-refractivity contribution in [3.05, 3.63) is 0 Å². The van der Waals surface area contributed by atoms with Gasteiger partial charge in [-0.05, 0) is 90.1 Å². The second-order valence-corrected chi connectivity index (χ2v) is 17.2. The molecule has 0 aromatic heterocycles. The summed E-state index contributed by atoms with van der Waals surface area (Å²) in [7, 11) is 4.59. The predicted octanol–water partition coefficient (Wildman–Crippen LogP) is 2.21. The zero-order valence-corrected chi connectivity index (χ0v) is 35.2. The fourth-order valence-corrected chi connectivity index (χ4v) is 7.44. The van der Waals surface area contributed by atoms with Gasteiger partial charge in [0.1, 0.15) is 30.2 Å². The van der Waals surface area contributed by atoms with Gasteiger partial charge in [-0.2, -0.15) is 11.8 Å². The number of nitrogens with two attached hydrogens (primary N) is 1. The number of primary amides is 1. The Hall–Kier alpha value is -2.91. The van der Waals surface area contributed by atoms with Crippen molar-refractivity contribution < 1.29 is 33.9 Å². The second-order valence-electron chi connectivity index (χ2n) is 16.0. The Morgan fingerprint density at radius 1 is 0.830 bits per heavy atom. The number of carbonyl (C=O) groups excluding carboxylic acids is 6. The monoisotopic (exact) mass is 770 g/mol. The quantitative estimate of drug-likeness (QED) is 0.113. The minimum atomic E-state index is -1.37. The molecule has 0 aromatic rings. The minimum absolute atomic E-state index is 0.0101. The number of aliphatic hydroxyl groups is 1. The summed E-state index contributed by atoms with van der Waals surface area (Å²) >= 11 is 1.60. The van der Waals surface area contributed by atoms with E-state index in [0.29, 0.717) is 18.6 Å². The molecule has 14 nitrogen and oxygen atoms in total. The zero-order valence-electron chi connectivity index (χ0n) is 34.4. The van der Waals surface area contributed by atoms with Gasteiger partial charge in [0.2, 0.25) is 35.4 Å². The summed E-state index contributed by atoms with van der Waals surface area (Å²) in [6.07, 6.45) is 5.72. The van der Waals surface area contributed by atoms with Gasteiger partial charge in [0, 0.05) is 39.7 Å². The third-order valence-electron chi connectivity index (χ3n) is 9.74. The first-order valence-electron chi connectivity index (χ1n) is 19.3. The predicted molar refractivity (Wildman–Crippen MR) is 211 cm³/mol. The van der Waals surface area contributed by atoms with E-state index in [-0.39, 0.29) is 24.7 Å². The van der Waals surface area contributed by atoms with Crippen molar-refractivity contribution in [3.63, 3.8) is 0 Å². The second kappa shape index (κ2) is 23.1. The molecule has 1 aliphatic heterocycles. The lowest BCUT2D eigenvalue weighted by molar-refractivity contribution is -0.149. The molecule has 6 amide bonds. The molecule has 1 rings (SSSR count). The summed E-state index contributed by atoms with van der Waals surface area (Å²) in [5, 5.41) is 16.3. The number of hydrogen-bond donors (Lipinski definition) is 4. The molecule has 0 aromatic carbocycles. The molecular formula is C38H71N7O7S. The van der Waals surface area contributed by atoms with E-state index in [2.05, 4.69) is 15.5 Å². The molecule has 1 saturated heterocycles. The zero-order chi connectivity index (χ0) is 40.6. The third kappa shape index (κ3) is 16.6. The van der Waals surface area contributed by atoms with Crippen LogP contribution in [0.3, 0.4) is 0 Å².